The molecule has 0 saturated carbocycles. The molecule has 2 aromatic rings. The summed E-state index contributed by atoms with van der Waals surface area (Å²) in [7, 11) is 2.99. The summed E-state index contributed by atoms with van der Waals surface area (Å²) in [6, 6.07) is 8.90. The molecule has 7 heteroatoms. The topological polar surface area (TPSA) is 100 Å². The van der Waals surface area contributed by atoms with Gasteiger partial charge in [0.25, 0.3) is 5.91 Å². The van der Waals surface area contributed by atoms with Crippen LogP contribution in [0.15, 0.2) is 41.5 Å². The number of phenols is 2. The van der Waals surface area contributed by atoms with Crippen LogP contribution in [0.5, 0.6) is 23.0 Å². The molecule has 0 saturated heterocycles. The highest BCUT2D eigenvalue weighted by atomic mass is 16.5. The zero-order valence-corrected chi connectivity index (χ0v) is 14.2. The maximum Gasteiger partial charge on any atom is 0.271 e. The molecule has 2 aromatic carbocycles. The first-order chi connectivity index (χ1) is 12.0. The van der Waals surface area contributed by atoms with E-state index in [1.807, 2.05) is 6.92 Å². The third-order valence-corrected chi connectivity index (χ3v) is 3.53. The Bertz CT molecular complexity index is 780. The molecule has 0 aliphatic carbocycles. The van der Waals surface area contributed by atoms with E-state index in [2.05, 4.69) is 10.5 Å². The average molecular weight is 344 g/mol. The van der Waals surface area contributed by atoms with E-state index in [4.69, 9.17) is 9.47 Å². The minimum absolute atomic E-state index is 0.00203. The highest BCUT2D eigenvalue weighted by Crippen LogP contribution is 2.24. The minimum Gasteiger partial charge on any atom is -0.508 e. The number of nitrogens with one attached hydrogen (secondary N) is 1. The highest BCUT2D eigenvalue weighted by Gasteiger charge is 2.12. The summed E-state index contributed by atoms with van der Waals surface area (Å²) >= 11 is 0. The number of hydrogen-bond donors (Lipinski definition) is 3. The molecule has 0 fully saturated rings. The number of carbonyl (C=O) groups is 1. The van der Waals surface area contributed by atoms with Crippen molar-refractivity contribution in [2.24, 2.45) is 5.10 Å². The van der Waals surface area contributed by atoms with Crippen molar-refractivity contribution >= 4 is 11.6 Å². The van der Waals surface area contributed by atoms with Crippen molar-refractivity contribution in [1.29, 1.82) is 0 Å². The van der Waals surface area contributed by atoms with Gasteiger partial charge in [-0.1, -0.05) is 6.92 Å². The number of hydrogen-bond acceptors (Lipinski definition) is 6. The van der Waals surface area contributed by atoms with Gasteiger partial charge in [-0.05, 0) is 36.8 Å². The molecule has 25 heavy (non-hydrogen) atoms. The SMILES string of the molecule is CC/C(=N/NC(=O)c1cc(OC)cc(OC)c1)c1cc(O)ccc1O. The smallest absolute Gasteiger partial charge is 0.271 e. The lowest BCUT2D eigenvalue weighted by molar-refractivity contribution is 0.0954. The fourth-order valence-electron chi connectivity index (χ4n) is 2.21. The average Bonchev–Trinajstić information content (AvgIpc) is 2.64. The van der Waals surface area contributed by atoms with Gasteiger partial charge in [-0.25, -0.2) is 5.43 Å². The van der Waals surface area contributed by atoms with Crippen molar-refractivity contribution in [2.75, 3.05) is 14.2 Å². The van der Waals surface area contributed by atoms with E-state index in [0.29, 0.717) is 34.8 Å². The Balaban J connectivity index is 2.27. The van der Waals surface area contributed by atoms with Crippen LogP contribution in [0.1, 0.15) is 29.3 Å². The number of ether oxygens (including phenoxy) is 2. The number of nitrogens with zero attached hydrogens (tertiary/aromatic N) is 1. The second kappa shape index (κ2) is 8.05. The van der Waals surface area contributed by atoms with Gasteiger partial charge in [0.05, 0.1) is 19.9 Å². The van der Waals surface area contributed by atoms with Crippen molar-refractivity contribution in [3.8, 4) is 23.0 Å². The molecule has 0 aromatic heterocycles. The number of methoxy groups -OCH3 is 2. The molecule has 1 amide bonds. The highest BCUT2D eigenvalue weighted by molar-refractivity contribution is 6.04. The van der Waals surface area contributed by atoms with Crippen molar-refractivity contribution in [3.05, 3.63) is 47.5 Å². The molecule has 0 aliphatic heterocycles. The number of amides is 1. The van der Waals surface area contributed by atoms with Crippen molar-refractivity contribution in [2.45, 2.75) is 13.3 Å². The van der Waals surface area contributed by atoms with Gasteiger partial charge < -0.3 is 19.7 Å². The number of hydrazone groups is 1. The van der Waals surface area contributed by atoms with Gasteiger partial charge in [0.2, 0.25) is 0 Å². The second-order valence-electron chi connectivity index (χ2n) is 5.16. The van der Waals surface area contributed by atoms with E-state index in [9.17, 15) is 15.0 Å². The maximum absolute atomic E-state index is 12.3. The largest absolute Gasteiger partial charge is 0.508 e. The van der Waals surface area contributed by atoms with E-state index in [0.717, 1.165) is 0 Å². The fourth-order valence-corrected chi connectivity index (χ4v) is 2.21. The molecule has 0 unspecified atom stereocenters. The number of aromatic hydroxyl groups is 2. The molecule has 0 bridgehead atoms. The number of rotatable bonds is 6. The molecular weight excluding hydrogens is 324 g/mol. The summed E-state index contributed by atoms with van der Waals surface area (Å²) in [5.41, 5.74) is 3.54. The third kappa shape index (κ3) is 4.41. The summed E-state index contributed by atoms with van der Waals surface area (Å²) in [5.74, 6) is 0.473. The molecule has 0 aliphatic rings. The third-order valence-electron chi connectivity index (χ3n) is 3.53. The lowest BCUT2D eigenvalue weighted by atomic mass is 10.1. The van der Waals surface area contributed by atoms with Crippen LogP contribution in [-0.2, 0) is 0 Å². The predicted molar refractivity (Wildman–Crippen MR) is 93.6 cm³/mol. The Labute approximate surface area is 145 Å². The monoisotopic (exact) mass is 344 g/mol. The predicted octanol–water partition coefficient (Wildman–Crippen LogP) is 2.66. The van der Waals surface area contributed by atoms with E-state index in [-0.39, 0.29) is 11.5 Å². The molecule has 3 N–H and O–H groups in total. The van der Waals surface area contributed by atoms with Gasteiger partial charge in [-0.15, -0.1) is 0 Å². The van der Waals surface area contributed by atoms with E-state index >= 15 is 0 Å². The summed E-state index contributed by atoms with van der Waals surface area (Å²) in [5, 5.41) is 23.6. The summed E-state index contributed by atoms with van der Waals surface area (Å²) in [4.78, 5) is 12.3. The Morgan fingerprint density at radius 3 is 2.28 bits per heavy atom. The standard InChI is InChI=1S/C18H20N2O5/c1-4-16(15-9-12(21)5-6-17(15)22)19-20-18(23)11-7-13(24-2)10-14(8-11)25-3/h5-10,21-22H,4H2,1-3H3,(H,20,23)/b19-16-. The minimum atomic E-state index is -0.456. The Kier molecular flexibility index (Phi) is 5.84. The lowest BCUT2D eigenvalue weighted by Gasteiger charge is -2.09. The molecule has 0 radical (unpaired) electrons. The first kappa shape index (κ1) is 18.1. The zero-order valence-electron chi connectivity index (χ0n) is 14.2. The van der Waals surface area contributed by atoms with Crippen LogP contribution in [0.25, 0.3) is 0 Å². The molecule has 0 heterocycles. The zero-order chi connectivity index (χ0) is 18.4. The summed E-state index contributed by atoms with van der Waals surface area (Å²) in [6.45, 7) is 1.82. The van der Waals surface area contributed by atoms with Gasteiger partial charge in [-0.3, -0.25) is 4.79 Å². The van der Waals surface area contributed by atoms with Gasteiger partial charge >= 0.3 is 0 Å². The van der Waals surface area contributed by atoms with E-state index < -0.39 is 5.91 Å². The first-order valence-electron chi connectivity index (χ1n) is 7.60. The van der Waals surface area contributed by atoms with Crippen LogP contribution >= 0.6 is 0 Å². The van der Waals surface area contributed by atoms with Gasteiger partial charge in [0.15, 0.2) is 0 Å². The van der Waals surface area contributed by atoms with Gasteiger partial charge in [0.1, 0.15) is 23.0 Å². The number of benzene rings is 2. The molecular formula is C18H20N2O5. The molecule has 2 rings (SSSR count). The Morgan fingerprint density at radius 2 is 1.72 bits per heavy atom. The second-order valence-corrected chi connectivity index (χ2v) is 5.16. The summed E-state index contributed by atoms with van der Waals surface area (Å²) in [6.07, 6.45) is 0.443. The quantitative estimate of drug-likeness (QED) is 0.425. The van der Waals surface area contributed by atoms with Crippen LogP contribution in [0.3, 0.4) is 0 Å². The molecule has 7 nitrogen and oxygen atoms in total. The van der Waals surface area contributed by atoms with Crippen LogP contribution in [0, 0.1) is 0 Å². The maximum atomic E-state index is 12.3. The molecule has 0 atom stereocenters. The van der Waals surface area contributed by atoms with Crippen LogP contribution < -0.4 is 14.9 Å². The van der Waals surface area contributed by atoms with Gasteiger partial charge in [-0.2, -0.15) is 5.10 Å². The Morgan fingerprint density at radius 1 is 1.08 bits per heavy atom. The first-order valence-corrected chi connectivity index (χ1v) is 7.60. The molecule has 0 spiro atoms. The van der Waals surface area contributed by atoms with Crippen molar-refractivity contribution < 1.29 is 24.5 Å². The normalized spacial score (nSPS) is 11.1. The van der Waals surface area contributed by atoms with Crippen molar-refractivity contribution in [1.82, 2.24) is 5.43 Å². The Hall–Kier alpha value is -3.22. The van der Waals surface area contributed by atoms with Crippen LogP contribution in [0.4, 0.5) is 0 Å². The van der Waals surface area contributed by atoms with Crippen LogP contribution in [0.2, 0.25) is 0 Å². The van der Waals surface area contributed by atoms with E-state index in [1.54, 1.807) is 18.2 Å². The van der Waals surface area contributed by atoms with Crippen LogP contribution in [-0.4, -0.2) is 36.1 Å². The summed E-state index contributed by atoms with van der Waals surface area (Å²) < 4.78 is 10.3. The fraction of sp³-hybridized carbons (Fsp3) is 0.222. The molecule has 132 valence electrons. The number of phenolic OH excluding ortho intramolecular Hbond substituents is 2. The lowest BCUT2D eigenvalue weighted by Crippen LogP contribution is -2.20. The van der Waals surface area contributed by atoms with Crippen molar-refractivity contribution in [3.63, 3.8) is 0 Å². The number of carbonyl (C=O) groups excluding carboxylic acids is 1. The van der Waals surface area contributed by atoms with Gasteiger partial charge in [0, 0.05) is 17.2 Å². The van der Waals surface area contributed by atoms with E-state index in [1.165, 1.54) is 32.4 Å².